The van der Waals surface area contributed by atoms with Gasteiger partial charge in [-0.1, -0.05) is 78.9 Å². The van der Waals surface area contributed by atoms with Gasteiger partial charge in [0.05, 0.1) is 0 Å². The van der Waals surface area contributed by atoms with Gasteiger partial charge in [0.15, 0.2) is 0 Å². The van der Waals surface area contributed by atoms with Crippen molar-refractivity contribution in [2.75, 3.05) is 0 Å². The van der Waals surface area contributed by atoms with Gasteiger partial charge >= 0.3 is 0 Å². The minimum atomic E-state index is 0.569. The van der Waals surface area contributed by atoms with Crippen molar-refractivity contribution in [3.8, 4) is 0 Å². The molecular weight excluding hydrogens is 348 g/mol. The molecule has 0 heterocycles. The number of rotatable bonds is 6. The van der Waals surface area contributed by atoms with Crippen LogP contribution in [0.2, 0.25) is 0 Å². The van der Waals surface area contributed by atoms with Gasteiger partial charge in [0.25, 0.3) is 0 Å². The second kappa shape index (κ2) is 8.35. The third kappa shape index (κ3) is 3.78. The molecular formula is C29H50. The van der Waals surface area contributed by atoms with E-state index in [2.05, 4.69) is 47.6 Å². The average Bonchev–Trinajstić information content (AvgIpc) is 3.04. The zero-order valence-corrected chi connectivity index (χ0v) is 20.6. The van der Waals surface area contributed by atoms with Gasteiger partial charge in [0.1, 0.15) is 0 Å². The van der Waals surface area contributed by atoms with E-state index in [1.807, 2.05) is 5.57 Å². The SMILES string of the molecule is CC(C)C(C)CCCC(C)C1CCC2C3CC=C4CCCCC4(C)C3CCC12C. The van der Waals surface area contributed by atoms with E-state index in [0.717, 1.165) is 41.4 Å². The molecule has 8 unspecified atom stereocenters. The maximum atomic E-state index is 2.75. The van der Waals surface area contributed by atoms with Crippen LogP contribution in [0.5, 0.6) is 0 Å². The highest BCUT2D eigenvalue weighted by Gasteiger charge is 2.58. The summed E-state index contributed by atoms with van der Waals surface area (Å²) >= 11 is 0. The lowest BCUT2D eigenvalue weighted by Crippen LogP contribution is -2.50. The lowest BCUT2D eigenvalue weighted by atomic mass is 9.47. The second-order valence-electron chi connectivity index (χ2n) is 12.8. The van der Waals surface area contributed by atoms with Crippen molar-refractivity contribution >= 4 is 0 Å². The third-order valence-electron chi connectivity index (χ3n) is 11.2. The average molecular weight is 399 g/mol. The molecule has 8 atom stereocenters. The standard InChI is InChI=1S/C29H50/c1-20(2)21(3)10-9-11-22(4)25-15-16-26-24-14-13-23-12-7-8-18-28(23,5)27(24)17-19-29(25,26)6/h13,20-22,24-27H,7-12,14-19H2,1-6H3. The fourth-order valence-electron chi connectivity index (χ4n) is 8.97. The molecule has 3 fully saturated rings. The summed E-state index contributed by atoms with van der Waals surface area (Å²) in [6.45, 7) is 15.3. The Hall–Kier alpha value is -0.260. The monoisotopic (exact) mass is 398 g/mol. The van der Waals surface area contributed by atoms with E-state index in [-0.39, 0.29) is 0 Å². The topological polar surface area (TPSA) is 0 Å². The molecule has 0 aromatic rings. The highest BCUT2D eigenvalue weighted by atomic mass is 14.6. The Labute approximate surface area is 182 Å². The molecule has 0 radical (unpaired) electrons. The molecule has 4 aliphatic rings. The highest BCUT2D eigenvalue weighted by Crippen LogP contribution is 2.67. The van der Waals surface area contributed by atoms with Crippen molar-refractivity contribution in [3.63, 3.8) is 0 Å². The molecule has 0 spiro atoms. The molecule has 0 aromatic carbocycles. The van der Waals surface area contributed by atoms with E-state index in [9.17, 15) is 0 Å². The molecule has 4 aliphatic carbocycles. The predicted octanol–water partition coefficient (Wildman–Crippen LogP) is 9.05. The lowest BCUT2D eigenvalue weighted by Gasteiger charge is -2.58. The number of hydrogen-bond acceptors (Lipinski definition) is 0. The van der Waals surface area contributed by atoms with E-state index in [4.69, 9.17) is 0 Å². The molecule has 0 N–H and O–H groups in total. The molecule has 0 bridgehead atoms. The Morgan fingerprint density at radius 1 is 0.931 bits per heavy atom. The van der Waals surface area contributed by atoms with Gasteiger partial charge in [0.2, 0.25) is 0 Å². The smallest absolute Gasteiger partial charge is 0.00853 e. The second-order valence-corrected chi connectivity index (χ2v) is 12.8. The van der Waals surface area contributed by atoms with E-state index in [0.29, 0.717) is 10.8 Å². The Bertz CT molecular complexity index is 599. The summed E-state index contributed by atoms with van der Waals surface area (Å²) in [6.07, 6.45) is 20.5. The van der Waals surface area contributed by atoms with Crippen molar-refractivity contribution in [3.05, 3.63) is 11.6 Å². The van der Waals surface area contributed by atoms with Crippen LogP contribution in [0.25, 0.3) is 0 Å². The minimum Gasteiger partial charge on any atom is -0.0845 e. The van der Waals surface area contributed by atoms with Gasteiger partial charge in [-0.15, -0.1) is 0 Å². The maximum absolute atomic E-state index is 2.75. The minimum absolute atomic E-state index is 0.569. The van der Waals surface area contributed by atoms with Crippen molar-refractivity contribution in [1.29, 1.82) is 0 Å². The number of fused-ring (bicyclic) bond motifs is 5. The molecule has 0 aromatic heterocycles. The van der Waals surface area contributed by atoms with Gasteiger partial charge in [-0.05, 0) is 104 Å². The van der Waals surface area contributed by atoms with E-state index < -0.39 is 0 Å². The fourth-order valence-corrected chi connectivity index (χ4v) is 8.97. The summed E-state index contributed by atoms with van der Waals surface area (Å²) < 4.78 is 0. The fraction of sp³-hybridized carbons (Fsp3) is 0.931. The normalized spacial score (nSPS) is 43.9. The molecule has 0 saturated heterocycles. The quantitative estimate of drug-likeness (QED) is 0.391. The third-order valence-corrected chi connectivity index (χ3v) is 11.2. The van der Waals surface area contributed by atoms with Crippen LogP contribution in [-0.2, 0) is 0 Å². The van der Waals surface area contributed by atoms with Gasteiger partial charge in [0, 0.05) is 0 Å². The van der Waals surface area contributed by atoms with Crippen LogP contribution in [-0.4, -0.2) is 0 Å². The summed E-state index contributed by atoms with van der Waals surface area (Å²) in [5.74, 6) is 6.68. The van der Waals surface area contributed by atoms with Gasteiger partial charge in [-0.2, -0.15) is 0 Å². The van der Waals surface area contributed by atoms with Crippen LogP contribution in [0, 0.1) is 52.3 Å². The molecule has 0 aliphatic heterocycles. The molecule has 4 rings (SSSR count). The zero-order chi connectivity index (χ0) is 20.8. The van der Waals surface area contributed by atoms with Crippen LogP contribution < -0.4 is 0 Å². The van der Waals surface area contributed by atoms with Crippen LogP contribution >= 0.6 is 0 Å². The first-order valence-electron chi connectivity index (χ1n) is 13.5. The highest BCUT2D eigenvalue weighted by molar-refractivity contribution is 5.24. The molecule has 29 heavy (non-hydrogen) atoms. The van der Waals surface area contributed by atoms with Gasteiger partial charge in [-0.3, -0.25) is 0 Å². The molecule has 0 nitrogen and oxygen atoms in total. The van der Waals surface area contributed by atoms with Gasteiger partial charge in [-0.25, -0.2) is 0 Å². The lowest BCUT2D eigenvalue weighted by molar-refractivity contribution is -0.0500. The van der Waals surface area contributed by atoms with Crippen LogP contribution in [0.3, 0.4) is 0 Å². The molecule has 166 valence electrons. The maximum Gasteiger partial charge on any atom is -0.00853 e. The first-order valence-corrected chi connectivity index (χ1v) is 13.5. The van der Waals surface area contributed by atoms with Crippen LogP contribution in [0.1, 0.15) is 119 Å². The summed E-state index contributed by atoms with van der Waals surface area (Å²) in [5.41, 5.74) is 3.08. The Kier molecular flexibility index (Phi) is 6.32. The van der Waals surface area contributed by atoms with Crippen LogP contribution in [0.15, 0.2) is 11.6 Å². The first-order chi connectivity index (χ1) is 13.8. The largest absolute Gasteiger partial charge is 0.0845 e. The van der Waals surface area contributed by atoms with Gasteiger partial charge < -0.3 is 0 Å². The molecule has 0 heteroatoms. The van der Waals surface area contributed by atoms with Crippen molar-refractivity contribution in [2.45, 2.75) is 119 Å². The van der Waals surface area contributed by atoms with E-state index in [1.165, 1.54) is 77.0 Å². The number of allylic oxidation sites excluding steroid dienone is 2. The number of hydrogen-bond donors (Lipinski definition) is 0. The summed E-state index contributed by atoms with van der Waals surface area (Å²) in [7, 11) is 0. The van der Waals surface area contributed by atoms with Crippen LogP contribution in [0.4, 0.5) is 0 Å². The van der Waals surface area contributed by atoms with Crippen molar-refractivity contribution < 1.29 is 0 Å². The first kappa shape index (κ1) is 22.0. The zero-order valence-electron chi connectivity index (χ0n) is 20.6. The Balaban J connectivity index is 1.43. The Morgan fingerprint density at radius 3 is 2.48 bits per heavy atom. The van der Waals surface area contributed by atoms with E-state index >= 15 is 0 Å². The predicted molar refractivity (Wildman–Crippen MR) is 127 cm³/mol. The summed E-state index contributed by atoms with van der Waals surface area (Å²) in [4.78, 5) is 0. The van der Waals surface area contributed by atoms with Crippen molar-refractivity contribution in [1.82, 2.24) is 0 Å². The molecule has 0 amide bonds. The van der Waals surface area contributed by atoms with Crippen molar-refractivity contribution in [2.24, 2.45) is 52.3 Å². The van der Waals surface area contributed by atoms with E-state index in [1.54, 1.807) is 0 Å². The molecule has 3 saturated carbocycles. The summed E-state index contributed by atoms with van der Waals surface area (Å²) in [5, 5.41) is 0. The summed E-state index contributed by atoms with van der Waals surface area (Å²) in [6, 6.07) is 0. The Morgan fingerprint density at radius 2 is 1.72 bits per heavy atom.